The number of H-pyrrole nitrogens is 1. The molecule has 6 heteroatoms. The van der Waals surface area contributed by atoms with Crippen LogP contribution in [-0.2, 0) is 4.79 Å². The number of rotatable bonds is 1. The Bertz CT molecular complexity index is 417. The number of carbonyl (C=O) groups is 1. The van der Waals surface area contributed by atoms with Gasteiger partial charge in [0.15, 0.2) is 0 Å². The van der Waals surface area contributed by atoms with Crippen LogP contribution >= 0.6 is 15.9 Å². The third kappa shape index (κ3) is 1.57. The molecule has 0 radical (unpaired) electrons. The van der Waals surface area contributed by atoms with Gasteiger partial charge in [-0.1, -0.05) is 15.9 Å². The first-order valence-corrected chi connectivity index (χ1v) is 5.08. The number of nitrogens with zero attached hydrogens (tertiary/aromatic N) is 2. The molecule has 0 aliphatic carbocycles. The maximum atomic E-state index is 11.4. The molecule has 1 fully saturated rings. The Morgan fingerprint density at radius 2 is 2.36 bits per heavy atom. The van der Waals surface area contributed by atoms with Gasteiger partial charge in [0, 0.05) is 30.2 Å². The highest BCUT2D eigenvalue weighted by Gasteiger charge is 2.30. The molecule has 1 unspecified atom stereocenters. The van der Waals surface area contributed by atoms with E-state index in [1.165, 1.54) is 17.3 Å². The SMILES string of the molecule is O=C1CC(Br)CN1c1ncc[nH]c1=O. The summed E-state index contributed by atoms with van der Waals surface area (Å²) in [4.78, 5) is 30.7. The summed E-state index contributed by atoms with van der Waals surface area (Å²) >= 11 is 3.34. The van der Waals surface area contributed by atoms with Crippen molar-refractivity contribution in [2.75, 3.05) is 11.4 Å². The predicted octanol–water partition coefficient (Wildman–Crippen LogP) is 0.270. The first-order chi connectivity index (χ1) is 6.68. The number of carbonyl (C=O) groups excluding carboxylic acids is 1. The van der Waals surface area contributed by atoms with Crippen molar-refractivity contribution >= 4 is 27.7 Å². The van der Waals surface area contributed by atoms with Crippen LogP contribution in [0, 0.1) is 0 Å². The summed E-state index contributed by atoms with van der Waals surface area (Å²) < 4.78 is 0. The van der Waals surface area contributed by atoms with Crippen molar-refractivity contribution < 1.29 is 4.79 Å². The molecule has 2 rings (SSSR count). The number of anilines is 1. The van der Waals surface area contributed by atoms with Crippen molar-refractivity contribution in [3.8, 4) is 0 Å². The molecule has 0 spiro atoms. The third-order valence-corrected chi connectivity index (χ3v) is 2.64. The Morgan fingerprint density at radius 3 is 2.93 bits per heavy atom. The first kappa shape index (κ1) is 9.39. The van der Waals surface area contributed by atoms with Gasteiger partial charge < -0.3 is 4.98 Å². The second-order valence-corrected chi connectivity index (χ2v) is 4.34. The zero-order chi connectivity index (χ0) is 10.1. The lowest BCUT2D eigenvalue weighted by molar-refractivity contribution is -0.117. The molecule has 1 atom stereocenters. The van der Waals surface area contributed by atoms with Crippen molar-refractivity contribution in [2.24, 2.45) is 0 Å². The third-order valence-electron chi connectivity index (χ3n) is 2.02. The summed E-state index contributed by atoms with van der Waals surface area (Å²) in [5.74, 6) is 0.107. The van der Waals surface area contributed by atoms with Gasteiger partial charge >= 0.3 is 0 Å². The Morgan fingerprint density at radius 1 is 1.57 bits per heavy atom. The zero-order valence-electron chi connectivity index (χ0n) is 7.24. The Labute approximate surface area is 88.3 Å². The molecule has 1 N–H and O–H groups in total. The van der Waals surface area contributed by atoms with Gasteiger partial charge in [0.2, 0.25) is 11.7 Å². The van der Waals surface area contributed by atoms with E-state index in [4.69, 9.17) is 0 Å². The van der Waals surface area contributed by atoms with Gasteiger partial charge in [0.1, 0.15) is 0 Å². The molecule has 0 bridgehead atoms. The summed E-state index contributed by atoms with van der Waals surface area (Å²) in [6, 6.07) is 0. The number of hydrogen-bond donors (Lipinski definition) is 1. The minimum Gasteiger partial charge on any atom is -0.324 e. The van der Waals surface area contributed by atoms with Crippen molar-refractivity contribution in [1.82, 2.24) is 9.97 Å². The highest BCUT2D eigenvalue weighted by molar-refractivity contribution is 9.09. The van der Waals surface area contributed by atoms with Crippen LogP contribution in [0.1, 0.15) is 6.42 Å². The summed E-state index contributed by atoms with van der Waals surface area (Å²) in [6.45, 7) is 0.499. The molecule has 1 aromatic rings. The lowest BCUT2D eigenvalue weighted by atomic mass is 10.4. The average molecular weight is 258 g/mol. The molecule has 1 aromatic heterocycles. The summed E-state index contributed by atoms with van der Waals surface area (Å²) in [5.41, 5.74) is -0.331. The molecule has 1 amide bonds. The molecule has 1 aliphatic rings. The summed E-state index contributed by atoms with van der Waals surface area (Å²) in [7, 11) is 0. The van der Waals surface area contributed by atoms with Crippen LogP contribution in [0.3, 0.4) is 0 Å². The quantitative estimate of drug-likeness (QED) is 0.735. The van der Waals surface area contributed by atoms with Crippen LogP contribution in [0.2, 0.25) is 0 Å². The van der Waals surface area contributed by atoms with E-state index in [0.29, 0.717) is 13.0 Å². The smallest absolute Gasteiger partial charge is 0.291 e. The zero-order valence-corrected chi connectivity index (χ0v) is 8.82. The van der Waals surface area contributed by atoms with Gasteiger partial charge in [-0.15, -0.1) is 0 Å². The number of aromatic amines is 1. The molecular weight excluding hydrogens is 250 g/mol. The second kappa shape index (κ2) is 3.53. The van der Waals surface area contributed by atoms with Gasteiger partial charge in [-0.05, 0) is 0 Å². The van der Waals surface area contributed by atoms with E-state index in [0.717, 1.165) is 0 Å². The van der Waals surface area contributed by atoms with Crippen LogP contribution in [0.5, 0.6) is 0 Å². The van der Waals surface area contributed by atoms with Gasteiger partial charge in [-0.25, -0.2) is 4.98 Å². The van der Waals surface area contributed by atoms with E-state index in [2.05, 4.69) is 25.9 Å². The molecule has 1 aliphatic heterocycles. The van der Waals surface area contributed by atoms with Crippen molar-refractivity contribution in [2.45, 2.75) is 11.2 Å². The number of amides is 1. The van der Waals surface area contributed by atoms with Gasteiger partial charge in [0.25, 0.3) is 5.56 Å². The minimum atomic E-state index is -0.331. The molecule has 14 heavy (non-hydrogen) atoms. The van der Waals surface area contributed by atoms with Crippen LogP contribution in [0.4, 0.5) is 5.82 Å². The summed E-state index contributed by atoms with van der Waals surface area (Å²) in [5, 5.41) is 0. The molecule has 1 saturated heterocycles. The van der Waals surface area contributed by atoms with Gasteiger partial charge in [-0.2, -0.15) is 0 Å². The van der Waals surface area contributed by atoms with E-state index in [1.807, 2.05) is 0 Å². The fourth-order valence-electron chi connectivity index (χ4n) is 1.40. The topological polar surface area (TPSA) is 66.1 Å². The van der Waals surface area contributed by atoms with Gasteiger partial charge in [0.05, 0.1) is 0 Å². The van der Waals surface area contributed by atoms with Crippen LogP contribution in [0.15, 0.2) is 17.2 Å². The van der Waals surface area contributed by atoms with Crippen LogP contribution < -0.4 is 10.5 Å². The monoisotopic (exact) mass is 257 g/mol. The lowest BCUT2D eigenvalue weighted by Crippen LogP contribution is -2.31. The Balaban J connectivity index is 2.37. The second-order valence-electron chi connectivity index (χ2n) is 3.05. The molecule has 0 aromatic carbocycles. The standard InChI is InChI=1S/C8H8BrN3O2/c9-5-3-6(13)12(4-5)7-8(14)11-2-1-10-7/h1-2,5H,3-4H2,(H,11,14). The Hall–Kier alpha value is -1.17. The normalized spacial score (nSPS) is 21.6. The van der Waals surface area contributed by atoms with E-state index in [-0.39, 0.29) is 22.1 Å². The lowest BCUT2D eigenvalue weighted by Gasteiger charge is -2.12. The molecular formula is C8H8BrN3O2. The van der Waals surface area contributed by atoms with Crippen LogP contribution in [0.25, 0.3) is 0 Å². The fourth-order valence-corrected chi connectivity index (χ4v) is 1.97. The highest BCUT2D eigenvalue weighted by atomic mass is 79.9. The van der Waals surface area contributed by atoms with Gasteiger partial charge in [-0.3, -0.25) is 14.5 Å². The largest absolute Gasteiger partial charge is 0.324 e. The first-order valence-electron chi connectivity index (χ1n) is 4.16. The molecule has 5 nitrogen and oxygen atoms in total. The summed E-state index contributed by atoms with van der Waals surface area (Å²) in [6.07, 6.45) is 3.32. The molecule has 74 valence electrons. The Kier molecular flexibility index (Phi) is 2.37. The number of aromatic nitrogens is 2. The van der Waals surface area contributed by atoms with Crippen molar-refractivity contribution in [3.05, 3.63) is 22.7 Å². The maximum Gasteiger partial charge on any atom is 0.291 e. The fraction of sp³-hybridized carbons (Fsp3) is 0.375. The number of alkyl halides is 1. The molecule has 0 saturated carbocycles. The van der Waals surface area contributed by atoms with Crippen LogP contribution in [-0.4, -0.2) is 27.2 Å². The number of hydrogen-bond acceptors (Lipinski definition) is 3. The molecule has 2 heterocycles. The van der Waals surface area contributed by atoms with E-state index in [1.54, 1.807) is 0 Å². The number of nitrogens with one attached hydrogen (secondary N) is 1. The maximum absolute atomic E-state index is 11.4. The van der Waals surface area contributed by atoms with E-state index in [9.17, 15) is 9.59 Å². The van der Waals surface area contributed by atoms with Crippen molar-refractivity contribution in [3.63, 3.8) is 0 Å². The minimum absolute atomic E-state index is 0.0731. The van der Waals surface area contributed by atoms with E-state index < -0.39 is 0 Å². The predicted molar refractivity (Wildman–Crippen MR) is 54.5 cm³/mol. The average Bonchev–Trinajstić information content (AvgIpc) is 2.46. The van der Waals surface area contributed by atoms with E-state index >= 15 is 0 Å². The number of halogens is 1. The highest BCUT2D eigenvalue weighted by Crippen LogP contribution is 2.20. The van der Waals surface area contributed by atoms with Crippen molar-refractivity contribution in [1.29, 1.82) is 0 Å².